The summed E-state index contributed by atoms with van der Waals surface area (Å²) in [6, 6.07) is 5.67. The molecule has 6 heterocycles. The van der Waals surface area contributed by atoms with Crippen LogP contribution in [-0.4, -0.2) is 69.6 Å². The Bertz CT molecular complexity index is 1310. The Balaban J connectivity index is 1.09. The van der Waals surface area contributed by atoms with Crippen molar-refractivity contribution in [3.8, 4) is 11.4 Å². The van der Waals surface area contributed by atoms with Crippen LogP contribution in [0.3, 0.4) is 0 Å². The maximum absolute atomic E-state index is 14.8. The van der Waals surface area contributed by atoms with E-state index in [1.165, 1.54) is 38.9 Å². The van der Waals surface area contributed by atoms with Crippen LogP contribution in [0.15, 0.2) is 30.6 Å². The van der Waals surface area contributed by atoms with Crippen molar-refractivity contribution in [3.63, 3.8) is 0 Å². The first kappa shape index (κ1) is 24.8. The number of carbonyl (C=O) groups is 1. The number of nitrogens with one attached hydrogen (secondary N) is 2. The molecule has 0 aromatic carbocycles. The summed E-state index contributed by atoms with van der Waals surface area (Å²) in [6.45, 7) is 8.67. The van der Waals surface area contributed by atoms with Crippen LogP contribution in [0.25, 0.3) is 11.4 Å². The fourth-order valence-electron chi connectivity index (χ4n) is 6.11. The second-order valence-electron chi connectivity index (χ2n) is 10.8. The fourth-order valence-corrected chi connectivity index (χ4v) is 6.11. The van der Waals surface area contributed by atoms with Gasteiger partial charge in [-0.25, -0.2) is 19.3 Å². The van der Waals surface area contributed by atoms with Gasteiger partial charge < -0.3 is 25.0 Å². The highest BCUT2D eigenvalue weighted by atomic mass is 19.1. The molecule has 6 rings (SSSR count). The number of anilines is 3. The zero-order valence-corrected chi connectivity index (χ0v) is 22.1. The second-order valence-corrected chi connectivity index (χ2v) is 10.8. The van der Waals surface area contributed by atoms with Gasteiger partial charge in [-0.1, -0.05) is 6.92 Å². The van der Waals surface area contributed by atoms with E-state index >= 15 is 0 Å². The van der Waals surface area contributed by atoms with Gasteiger partial charge in [-0.3, -0.25) is 4.79 Å². The number of nitrogens with zero attached hydrogens (tertiary/aromatic N) is 6. The predicted octanol–water partition coefficient (Wildman–Crippen LogP) is 3.60. The van der Waals surface area contributed by atoms with Crippen molar-refractivity contribution in [3.05, 3.63) is 47.7 Å². The van der Waals surface area contributed by atoms with Gasteiger partial charge in [0, 0.05) is 51.9 Å². The number of carbonyl (C=O) groups excluding carboxylic acids is 1. The molecule has 0 unspecified atom stereocenters. The van der Waals surface area contributed by atoms with E-state index in [0.717, 1.165) is 42.5 Å². The van der Waals surface area contributed by atoms with Crippen LogP contribution in [0, 0.1) is 17.7 Å². The van der Waals surface area contributed by atoms with Gasteiger partial charge in [-0.15, -0.1) is 0 Å². The molecule has 0 bridgehead atoms. The molecule has 2 N–H and O–H groups in total. The van der Waals surface area contributed by atoms with E-state index in [-0.39, 0.29) is 17.5 Å². The van der Waals surface area contributed by atoms with Crippen LogP contribution in [0.4, 0.5) is 21.8 Å². The first-order valence-electron chi connectivity index (χ1n) is 13.7. The number of amides is 1. The minimum atomic E-state index is -0.541. The Morgan fingerprint density at radius 2 is 1.95 bits per heavy atom. The third kappa shape index (κ3) is 4.84. The molecule has 200 valence electrons. The number of piperidine rings is 1. The molecule has 0 spiro atoms. The second kappa shape index (κ2) is 10.3. The van der Waals surface area contributed by atoms with E-state index in [1.807, 2.05) is 23.9 Å². The summed E-state index contributed by atoms with van der Waals surface area (Å²) in [4.78, 5) is 30.3. The molecule has 0 radical (unpaired) electrons. The number of hydrogen-bond donors (Lipinski definition) is 2. The molecule has 3 aromatic rings. The molecule has 1 amide bonds. The van der Waals surface area contributed by atoms with Crippen molar-refractivity contribution in [1.82, 2.24) is 29.7 Å². The maximum Gasteiger partial charge on any atom is 0.253 e. The lowest BCUT2D eigenvalue weighted by molar-refractivity contribution is 0.0837. The largest absolute Gasteiger partial charge is 0.370 e. The van der Waals surface area contributed by atoms with Gasteiger partial charge in [0.15, 0.2) is 5.82 Å². The highest BCUT2D eigenvalue weighted by Crippen LogP contribution is 2.32. The highest BCUT2D eigenvalue weighted by Gasteiger charge is 2.30. The number of halogens is 1. The van der Waals surface area contributed by atoms with Gasteiger partial charge in [0.2, 0.25) is 5.95 Å². The Labute approximate surface area is 222 Å². The van der Waals surface area contributed by atoms with Crippen molar-refractivity contribution >= 4 is 23.4 Å². The maximum atomic E-state index is 14.8. The molecular formula is C28H35FN8O. The van der Waals surface area contributed by atoms with E-state index in [9.17, 15) is 9.18 Å². The lowest BCUT2D eigenvalue weighted by atomic mass is 9.83. The Kier molecular flexibility index (Phi) is 6.73. The molecule has 2 saturated heterocycles. The van der Waals surface area contributed by atoms with Crippen LogP contribution in [-0.2, 0) is 13.5 Å². The topological polar surface area (TPSA) is 91.2 Å². The molecule has 3 aliphatic heterocycles. The van der Waals surface area contributed by atoms with Gasteiger partial charge in [0.05, 0.1) is 29.3 Å². The van der Waals surface area contributed by atoms with Gasteiger partial charge in [-0.2, -0.15) is 0 Å². The van der Waals surface area contributed by atoms with Gasteiger partial charge in [0.25, 0.3) is 5.91 Å². The number of rotatable bonds is 7. The quantitative estimate of drug-likeness (QED) is 0.494. The predicted molar refractivity (Wildman–Crippen MR) is 145 cm³/mol. The molecule has 10 heteroatoms. The lowest BCUT2D eigenvalue weighted by Crippen LogP contribution is -2.47. The van der Waals surface area contributed by atoms with Crippen LogP contribution in [0.2, 0.25) is 0 Å². The fraction of sp³-hybridized carbons (Fsp3) is 0.500. The molecule has 2 fully saturated rings. The standard InChI is InChI=1S/C28H35FN8O/c1-3-36-16-19(17-36)12-18-7-10-37(11-8-18)20-4-5-25(31-14-20)33-28-32-15-22(29)26(34-28)24-13-21-23(35(24)2)6-9-30-27(21)38/h4-5,13-15,18-19H,3,6-12,16-17H2,1-2H3,(H,30,38)(H,31,32,33,34). The molecule has 38 heavy (non-hydrogen) atoms. The van der Waals surface area contributed by atoms with E-state index < -0.39 is 5.82 Å². The first-order valence-corrected chi connectivity index (χ1v) is 13.7. The summed E-state index contributed by atoms with van der Waals surface area (Å²) >= 11 is 0. The summed E-state index contributed by atoms with van der Waals surface area (Å²) in [7, 11) is 1.83. The molecule has 0 saturated carbocycles. The zero-order chi connectivity index (χ0) is 26.2. The molecule has 9 nitrogen and oxygen atoms in total. The van der Waals surface area contributed by atoms with Gasteiger partial charge >= 0.3 is 0 Å². The van der Waals surface area contributed by atoms with Crippen LogP contribution >= 0.6 is 0 Å². The van der Waals surface area contributed by atoms with E-state index in [4.69, 9.17) is 0 Å². The van der Waals surface area contributed by atoms with Crippen molar-refractivity contribution < 1.29 is 9.18 Å². The number of pyridine rings is 1. The van der Waals surface area contributed by atoms with Gasteiger partial charge in [-0.05, 0) is 55.8 Å². The number of likely N-dealkylation sites (tertiary alicyclic amines) is 1. The minimum Gasteiger partial charge on any atom is -0.370 e. The van der Waals surface area contributed by atoms with Crippen LogP contribution in [0.1, 0.15) is 42.2 Å². The molecule has 0 aliphatic carbocycles. The summed E-state index contributed by atoms with van der Waals surface area (Å²) in [6.07, 6.45) is 7.56. The SMILES string of the molecule is CCN1CC(CC2CCN(c3ccc(Nc4ncc(F)c(-c5cc6c(n5C)CCNC6=O)n4)nc3)CC2)C1. The van der Waals surface area contributed by atoms with Gasteiger partial charge in [0.1, 0.15) is 11.5 Å². The van der Waals surface area contributed by atoms with Crippen LogP contribution in [0.5, 0.6) is 0 Å². The summed E-state index contributed by atoms with van der Waals surface area (Å²) < 4.78 is 16.6. The van der Waals surface area contributed by atoms with Crippen molar-refractivity contribution in [1.29, 1.82) is 0 Å². The third-order valence-electron chi connectivity index (χ3n) is 8.35. The Morgan fingerprint density at radius 3 is 2.66 bits per heavy atom. The minimum absolute atomic E-state index is 0.142. The van der Waals surface area contributed by atoms with E-state index in [0.29, 0.717) is 30.0 Å². The Hall–Kier alpha value is -3.53. The normalized spacial score (nSPS) is 18.7. The highest BCUT2D eigenvalue weighted by molar-refractivity contribution is 5.97. The monoisotopic (exact) mass is 518 g/mol. The average molecular weight is 519 g/mol. The molecule has 0 atom stereocenters. The van der Waals surface area contributed by atoms with Crippen molar-refractivity contribution in [2.24, 2.45) is 18.9 Å². The lowest BCUT2D eigenvalue weighted by Gasteiger charge is -2.42. The van der Waals surface area contributed by atoms with E-state index in [2.05, 4.69) is 48.4 Å². The summed E-state index contributed by atoms with van der Waals surface area (Å²) in [5, 5.41) is 5.93. The molecular weight excluding hydrogens is 483 g/mol. The third-order valence-corrected chi connectivity index (χ3v) is 8.35. The molecule has 3 aliphatic rings. The van der Waals surface area contributed by atoms with E-state index in [1.54, 1.807) is 6.07 Å². The average Bonchev–Trinajstić information content (AvgIpc) is 3.25. The van der Waals surface area contributed by atoms with Crippen molar-refractivity contribution in [2.75, 3.05) is 49.5 Å². The first-order chi connectivity index (χ1) is 18.5. The summed E-state index contributed by atoms with van der Waals surface area (Å²) in [5.74, 6) is 1.88. The smallest absolute Gasteiger partial charge is 0.253 e. The Morgan fingerprint density at radius 1 is 1.13 bits per heavy atom. The van der Waals surface area contributed by atoms with Crippen LogP contribution < -0.4 is 15.5 Å². The van der Waals surface area contributed by atoms with Crippen molar-refractivity contribution in [2.45, 2.75) is 32.6 Å². The number of fused-ring (bicyclic) bond motifs is 1. The summed E-state index contributed by atoms with van der Waals surface area (Å²) in [5.41, 5.74) is 3.25. The number of aromatic nitrogens is 4. The zero-order valence-electron chi connectivity index (χ0n) is 22.1. The molecule has 3 aromatic heterocycles. The number of hydrogen-bond acceptors (Lipinski definition) is 7.